The molecular formula is C37H62N2O4. The van der Waals surface area contributed by atoms with E-state index >= 15 is 0 Å². The molecule has 0 aliphatic carbocycles. The van der Waals surface area contributed by atoms with Gasteiger partial charge in [-0.25, -0.2) is 0 Å². The quantitative estimate of drug-likeness (QED) is 0.165. The Labute approximate surface area is 263 Å². The number of hydrogen-bond donors (Lipinski definition) is 4. The Balaban J connectivity index is 1.86. The average molecular weight is 599 g/mol. The molecule has 0 aromatic heterocycles. The minimum Gasteiger partial charge on any atom is -0.491 e. The van der Waals surface area contributed by atoms with Gasteiger partial charge >= 0.3 is 0 Å². The van der Waals surface area contributed by atoms with Gasteiger partial charge in [0.1, 0.15) is 36.9 Å². The summed E-state index contributed by atoms with van der Waals surface area (Å²) in [5, 5.41) is 27.9. The van der Waals surface area contributed by atoms with Crippen LogP contribution in [0.4, 0.5) is 0 Å². The molecule has 2 aromatic carbocycles. The van der Waals surface area contributed by atoms with Gasteiger partial charge in [-0.2, -0.15) is 0 Å². The largest absolute Gasteiger partial charge is 0.491 e. The minimum atomic E-state index is -0.589. The first-order valence-electron chi connectivity index (χ1n) is 15.9. The molecule has 6 heteroatoms. The zero-order valence-electron chi connectivity index (χ0n) is 29.2. The normalized spacial score (nSPS) is 14.8. The molecule has 2 atom stereocenters. The maximum atomic E-state index is 10.5. The van der Waals surface area contributed by atoms with E-state index in [-0.39, 0.29) is 40.5 Å². The molecule has 0 spiro atoms. The van der Waals surface area contributed by atoms with Crippen molar-refractivity contribution in [3.8, 4) is 11.5 Å². The Morgan fingerprint density at radius 1 is 0.535 bits per heavy atom. The molecule has 2 unspecified atom stereocenters. The highest BCUT2D eigenvalue weighted by molar-refractivity contribution is 5.41. The van der Waals surface area contributed by atoms with Crippen molar-refractivity contribution in [2.75, 3.05) is 26.3 Å². The smallest absolute Gasteiger partial charge is 0.119 e. The third-order valence-electron chi connectivity index (χ3n) is 7.61. The fourth-order valence-electron chi connectivity index (χ4n) is 6.17. The lowest BCUT2D eigenvalue weighted by Gasteiger charge is -2.34. The van der Waals surface area contributed by atoms with Gasteiger partial charge in [0.25, 0.3) is 0 Å². The second-order valence-electron chi connectivity index (χ2n) is 16.6. The molecule has 0 heterocycles. The van der Waals surface area contributed by atoms with E-state index in [1.54, 1.807) is 0 Å². The summed E-state index contributed by atoms with van der Waals surface area (Å²) in [5.74, 6) is 1.48. The van der Waals surface area contributed by atoms with Gasteiger partial charge in [0, 0.05) is 29.6 Å². The first-order chi connectivity index (χ1) is 19.6. The molecule has 0 radical (unpaired) electrons. The molecule has 0 aliphatic rings. The van der Waals surface area contributed by atoms with Crippen LogP contribution < -0.4 is 20.1 Å². The average Bonchev–Trinajstić information content (AvgIpc) is 2.86. The lowest BCUT2D eigenvalue weighted by molar-refractivity contribution is 0.0944. The van der Waals surface area contributed by atoms with Crippen LogP contribution in [0, 0.1) is 10.8 Å². The van der Waals surface area contributed by atoms with Crippen LogP contribution in [0.5, 0.6) is 11.5 Å². The van der Waals surface area contributed by atoms with Crippen LogP contribution in [0.2, 0.25) is 0 Å². The molecule has 0 fully saturated rings. The summed E-state index contributed by atoms with van der Waals surface area (Å²) >= 11 is 0. The molecular weight excluding hydrogens is 536 g/mol. The summed E-state index contributed by atoms with van der Waals surface area (Å²) < 4.78 is 11.8. The first kappa shape index (κ1) is 37.1. The molecule has 4 N–H and O–H groups in total. The second kappa shape index (κ2) is 14.8. The van der Waals surface area contributed by atoms with Crippen LogP contribution >= 0.6 is 0 Å². The topological polar surface area (TPSA) is 83.0 Å². The lowest BCUT2D eigenvalue weighted by Crippen LogP contribution is -2.46. The van der Waals surface area contributed by atoms with Gasteiger partial charge in [-0.05, 0) is 86.8 Å². The Kier molecular flexibility index (Phi) is 12.7. The maximum absolute atomic E-state index is 10.5. The fraction of sp³-hybridized carbons (Fsp3) is 0.676. The van der Waals surface area contributed by atoms with E-state index in [1.807, 2.05) is 24.3 Å². The van der Waals surface area contributed by atoms with Crippen LogP contribution in [-0.4, -0.2) is 59.8 Å². The highest BCUT2D eigenvalue weighted by Gasteiger charge is 2.27. The zero-order chi connectivity index (χ0) is 32.7. The second-order valence-corrected chi connectivity index (χ2v) is 16.6. The number of benzene rings is 2. The predicted molar refractivity (Wildman–Crippen MR) is 180 cm³/mol. The van der Waals surface area contributed by atoms with Gasteiger partial charge in [0.2, 0.25) is 0 Å². The molecule has 6 nitrogen and oxygen atoms in total. The molecule has 0 saturated carbocycles. The number of nitrogens with one attached hydrogen (secondary N) is 2. The predicted octanol–water partition coefficient (Wildman–Crippen LogP) is 7.10. The van der Waals surface area contributed by atoms with Crippen molar-refractivity contribution in [3.05, 3.63) is 59.7 Å². The third kappa shape index (κ3) is 14.0. The van der Waals surface area contributed by atoms with Crippen LogP contribution in [0.25, 0.3) is 0 Å². The molecule has 0 saturated heterocycles. The molecule has 43 heavy (non-hydrogen) atoms. The zero-order valence-corrected chi connectivity index (χ0v) is 29.2. The highest BCUT2D eigenvalue weighted by Crippen LogP contribution is 2.33. The number of ether oxygens (including phenoxy) is 2. The van der Waals surface area contributed by atoms with Gasteiger partial charge < -0.3 is 30.3 Å². The van der Waals surface area contributed by atoms with Crippen molar-refractivity contribution < 1.29 is 19.7 Å². The van der Waals surface area contributed by atoms with E-state index in [2.05, 4.69) is 118 Å². The maximum Gasteiger partial charge on any atom is 0.119 e. The summed E-state index contributed by atoms with van der Waals surface area (Å²) in [6.45, 7) is 27.9. The van der Waals surface area contributed by atoms with Crippen molar-refractivity contribution in [2.24, 2.45) is 10.8 Å². The number of β-amino-alcohol motifs (C(OH)–C–C–N with tert-alkyl or cyclic N) is 2. The molecule has 2 aromatic rings. The Morgan fingerprint density at radius 2 is 0.837 bits per heavy atom. The summed E-state index contributed by atoms with van der Waals surface area (Å²) in [7, 11) is 0. The van der Waals surface area contributed by atoms with Crippen molar-refractivity contribution in [3.63, 3.8) is 0 Å². The van der Waals surface area contributed by atoms with Gasteiger partial charge in [-0.15, -0.1) is 0 Å². The summed E-state index contributed by atoms with van der Waals surface area (Å²) in [4.78, 5) is 0. The van der Waals surface area contributed by atoms with E-state index in [0.29, 0.717) is 13.1 Å². The van der Waals surface area contributed by atoms with Crippen LogP contribution in [0.15, 0.2) is 48.5 Å². The first-order valence-corrected chi connectivity index (χ1v) is 15.9. The third-order valence-corrected chi connectivity index (χ3v) is 7.61. The SMILES string of the molecule is CC(C)(C)CC(C)(C)NCC(O)COc1ccc(C(C)(C)c2ccc(OCC(O)CNC(C)(C)CC(C)(C)C)cc2)cc1. The molecule has 0 bridgehead atoms. The number of aliphatic hydroxyl groups excluding tert-OH is 2. The fourth-order valence-corrected chi connectivity index (χ4v) is 6.17. The molecule has 0 amide bonds. The molecule has 2 rings (SSSR count). The van der Waals surface area contributed by atoms with Crippen molar-refractivity contribution in [2.45, 2.75) is 125 Å². The van der Waals surface area contributed by atoms with Crippen LogP contribution in [0.3, 0.4) is 0 Å². The Bertz CT molecular complexity index is 1010. The Morgan fingerprint density at radius 3 is 1.12 bits per heavy atom. The highest BCUT2D eigenvalue weighted by atomic mass is 16.5. The Hall–Kier alpha value is -2.12. The van der Waals surface area contributed by atoms with Crippen molar-refractivity contribution >= 4 is 0 Å². The van der Waals surface area contributed by atoms with Crippen LogP contribution in [-0.2, 0) is 5.41 Å². The van der Waals surface area contributed by atoms with Gasteiger partial charge in [-0.3, -0.25) is 0 Å². The van der Waals surface area contributed by atoms with E-state index in [0.717, 1.165) is 24.3 Å². The number of aliphatic hydroxyl groups is 2. The van der Waals surface area contributed by atoms with E-state index in [9.17, 15) is 10.2 Å². The van der Waals surface area contributed by atoms with Gasteiger partial charge in [-0.1, -0.05) is 79.7 Å². The minimum absolute atomic E-state index is 0.0568. The number of hydrogen-bond acceptors (Lipinski definition) is 6. The van der Waals surface area contributed by atoms with Crippen molar-refractivity contribution in [1.29, 1.82) is 0 Å². The monoisotopic (exact) mass is 598 g/mol. The summed E-state index contributed by atoms with van der Waals surface area (Å²) in [6.07, 6.45) is 0.846. The summed E-state index contributed by atoms with van der Waals surface area (Å²) in [5.41, 5.74) is 2.43. The van der Waals surface area contributed by atoms with Gasteiger partial charge in [0.15, 0.2) is 0 Å². The molecule has 0 aliphatic heterocycles. The van der Waals surface area contributed by atoms with E-state index < -0.39 is 12.2 Å². The lowest BCUT2D eigenvalue weighted by atomic mass is 9.78. The van der Waals surface area contributed by atoms with Crippen LogP contribution in [0.1, 0.15) is 107 Å². The standard InChI is InChI=1S/C37H62N2O4/c1-33(2,3)25-35(7,8)38-21-29(40)23-42-31-17-13-27(14-18-31)37(11,12)28-15-19-32(20-16-28)43-24-30(41)22-39-36(9,10)26-34(4,5)6/h13-20,29-30,38-41H,21-26H2,1-12H3. The molecule has 244 valence electrons. The van der Waals surface area contributed by atoms with E-state index in [1.165, 1.54) is 11.1 Å². The van der Waals surface area contributed by atoms with Gasteiger partial charge in [0.05, 0.1) is 0 Å². The summed E-state index contributed by atoms with van der Waals surface area (Å²) in [6, 6.07) is 16.2. The van der Waals surface area contributed by atoms with Crippen molar-refractivity contribution in [1.82, 2.24) is 10.6 Å². The van der Waals surface area contributed by atoms with E-state index in [4.69, 9.17) is 9.47 Å². The number of rotatable bonds is 16.